The average Bonchev–Trinajstić information content (AvgIpc) is 2.03. The molecule has 0 radical (unpaired) electrons. The Morgan fingerprint density at radius 1 is 1.64 bits per heavy atom. The minimum atomic E-state index is -0.563. The Balaban J connectivity index is 3.94. The Bertz CT molecular complexity index is 271. The first-order valence-electron chi connectivity index (χ1n) is 4.17. The predicted octanol–water partition coefficient (Wildman–Crippen LogP) is 0.877. The van der Waals surface area contributed by atoms with E-state index in [1.807, 2.05) is 6.07 Å². The van der Waals surface area contributed by atoms with Crippen molar-refractivity contribution in [3.05, 3.63) is 11.8 Å². The quantitative estimate of drug-likeness (QED) is 0.643. The van der Waals surface area contributed by atoms with Gasteiger partial charge in [-0.15, -0.1) is 0 Å². The first kappa shape index (κ1) is 12.3. The van der Waals surface area contributed by atoms with Crippen molar-refractivity contribution in [3.63, 3.8) is 0 Å². The van der Waals surface area contributed by atoms with E-state index in [-0.39, 0.29) is 12.1 Å². The van der Waals surface area contributed by atoms with Crippen LogP contribution in [-0.2, 0) is 4.74 Å². The molecule has 3 N–H and O–H groups in total. The Labute approximate surface area is 83.5 Å². The summed E-state index contributed by atoms with van der Waals surface area (Å²) in [4.78, 5) is 11.1. The number of nitrogens with one attached hydrogen (secondary N) is 1. The van der Waals surface area contributed by atoms with Crippen molar-refractivity contribution in [3.8, 4) is 6.07 Å². The van der Waals surface area contributed by atoms with Crippen LogP contribution >= 0.6 is 0 Å². The summed E-state index contributed by atoms with van der Waals surface area (Å²) in [6, 6.07) is 1.84. The Hall–Kier alpha value is -1.70. The lowest BCUT2D eigenvalue weighted by atomic mass is 10.2. The summed E-state index contributed by atoms with van der Waals surface area (Å²) in [5, 5.41) is 10.9. The molecule has 0 atom stereocenters. The van der Waals surface area contributed by atoms with Crippen LogP contribution in [0.4, 0.5) is 4.79 Å². The van der Waals surface area contributed by atoms with E-state index in [1.54, 1.807) is 20.8 Å². The molecule has 0 unspecified atom stereocenters. The lowest BCUT2D eigenvalue weighted by molar-refractivity contribution is 0.0533. The summed E-state index contributed by atoms with van der Waals surface area (Å²) in [7, 11) is 0. The van der Waals surface area contributed by atoms with Crippen LogP contribution < -0.4 is 11.1 Å². The first-order valence-corrected chi connectivity index (χ1v) is 4.17. The summed E-state index contributed by atoms with van der Waals surface area (Å²) >= 11 is 0. The van der Waals surface area contributed by atoms with E-state index in [9.17, 15) is 4.79 Å². The molecule has 5 heteroatoms. The smallest absolute Gasteiger partial charge is 0.407 e. The van der Waals surface area contributed by atoms with E-state index in [1.165, 1.54) is 0 Å². The van der Waals surface area contributed by atoms with Gasteiger partial charge >= 0.3 is 6.09 Å². The van der Waals surface area contributed by atoms with Gasteiger partial charge in [0.2, 0.25) is 0 Å². The second-order valence-electron chi connectivity index (χ2n) is 3.66. The molecular formula is C9H15N3O2. The van der Waals surface area contributed by atoms with E-state index in [0.29, 0.717) is 0 Å². The highest BCUT2D eigenvalue weighted by Crippen LogP contribution is 2.06. The molecule has 0 aromatic rings. The molecule has 0 saturated heterocycles. The first-order chi connectivity index (χ1) is 6.39. The van der Waals surface area contributed by atoms with Crippen LogP contribution in [0.2, 0.25) is 0 Å². The number of hydrogen-bond acceptors (Lipinski definition) is 4. The van der Waals surface area contributed by atoms with E-state index in [0.717, 1.165) is 6.20 Å². The van der Waals surface area contributed by atoms with E-state index in [4.69, 9.17) is 15.7 Å². The number of alkyl carbamates (subject to hydrolysis) is 1. The number of carbonyl (C=O) groups excluding carboxylic acids is 1. The van der Waals surface area contributed by atoms with Gasteiger partial charge in [-0.25, -0.2) is 4.79 Å². The van der Waals surface area contributed by atoms with Crippen LogP contribution in [0.15, 0.2) is 11.8 Å². The van der Waals surface area contributed by atoms with Crippen molar-refractivity contribution in [2.75, 3.05) is 6.54 Å². The Kier molecular flexibility index (Phi) is 4.50. The molecule has 0 rings (SSSR count). The summed E-state index contributed by atoms with van der Waals surface area (Å²) in [5.74, 6) is 0. The molecule has 5 nitrogen and oxygen atoms in total. The molecule has 0 aliphatic heterocycles. The monoisotopic (exact) mass is 197 g/mol. The summed E-state index contributed by atoms with van der Waals surface area (Å²) < 4.78 is 4.95. The average molecular weight is 197 g/mol. The molecule has 1 amide bonds. The molecule has 0 fully saturated rings. The fourth-order valence-corrected chi connectivity index (χ4v) is 0.617. The number of rotatable bonds is 2. The topological polar surface area (TPSA) is 88.1 Å². The number of amides is 1. The highest BCUT2D eigenvalue weighted by Gasteiger charge is 2.15. The van der Waals surface area contributed by atoms with Gasteiger partial charge in [0, 0.05) is 6.20 Å². The number of nitrogens with zero attached hydrogens (tertiary/aromatic N) is 1. The highest BCUT2D eigenvalue weighted by molar-refractivity contribution is 5.68. The fourth-order valence-electron chi connectivity index (χ4n) is 0.617. The Morgan fingerprint density at radius 2 is 2.21 bits per heavy atom. The third-order valence-corrected chi connectivity index (χ3v) is 1.17. The van der Waals surface area contributed by atoms with Gasteiger partial charge in [-0.3, -0.25) is 0 Å². The van der Waals surface area contributed by atoms with Crippen LogP contribution in [0.25, 0.3) is 0 Å². The lowest BCUT2D eigenvalue weighted by Gasteiger charge is -2.19. The van der Waals surface area contributed by atoms with Crippen LogP contribution in [0.3, 0.4) is 0 Å². The lowest BCUT2D eigenvalue weighted by Crippen LogP contribution is -2.33. The standard InChI is InChI=1S/C9H15N3O2/c1-9(2,3)14-8(13)12-6-7(4-10)5-11/h4H,6,10H2,1-3H3,(H,12,13). The molecule has 0 spiro atoms. The summed E-state index contributed by atoms with van der Waals surface area (Å²) in [5.41, 5.74) is 4.87. The summed E-state index contributed by atoms with van der Waals surface area (Å²) in [6.07, 6.45) is 0.587. The minimum Gasteiger partial charge on any atom is -0.444 e. The van der Waals surface area contributed by atoms with Gasteiger partial charge < -0.3 is 15.8 Å². The predicted molar refractivity (Wildman–Crippen MR) is 52.1 cm³/mol. The zero-order chi connectivity index (χ0) is 11.2. The van der Waals surface area contributed by atoms with E-state index < -0.39 is 11.7 Å². The van der Waals surface area contributed by atoms with Crippen LogP contribution in [0.1, 0.15) is 20.8 Å². The third kappa shape index (κ3) is 5.89. The zero-order valence-electron chi connectivity index (χ0n) is 8.63. The maximum atomic E-state index is 11.1. The molecular weight excluding hydrogens is 182 g/mol. The van der Waals surface area contributed by atoms with E-state index >= 15 is 0 Å². The van der Waals surface area contributed by atoms with Gasteiger partial charge in [0.25, 0.3) is 0 Å². The minimum absolute atomic E-state index is 0.0852. The second kappa shape index (κ2) is 5.12. The molecule has 0 saturated carbocycles. The Morgan fingerprint density at radius 3 is 2.57 bits per heavy atom. The number of nitrogens with two attached hydrogens (primary N) is 1. The third-order valence-electron chi connectivity index (χ3n) is 1.17. The van der Waals surface area contributed by atoms with Gasteiger partial charge in [-0.1, -0.05) is 0 Å². The van der Waals surface area contributed by atoms with Crippen LogP contribution in [0, 0.1) is 11.3 Å². The van der Waals surface area contributed by atoms with Crippen molar-refractivity contribution in [2.45, 2.75) is 26.4 Å². The SMILES string of the molecule is CC(C)(C)OC(=O)NCC(C#N)=CN. The maximum Gasteiger partial charge on any atom is 0.407 e. The molecule has 14 heavy (non-hydrogen) atoms. The second-order valence-corrected chi connectivity index (χ2v) is 3.66. The molecule has 0 aliphatic carbocycles. The molecule has 0 aromatic heterocycles. The van der Waals surface area contributed by atoms with Crippen molar-refractivity contribution in [1.82, 2.24) is 5.32 Å². The van der Waals surface area contributed by atoms with Gasteiger partial charge in [0.1, 0.15) is 5.60 Å². The number of nitriles is 1. The summed E-state index contributed by atoms with van der Waals surface area (Å²) in [6.45, 7) is 5.37. The molecule has 78 valence electrons. The van der Waals surface area contributed by atoms with E-state index in [2.05, 4.69) is 5.32 Å². The van der Waals surface area contributed by atoms with Gasteiger partial charge in [-0.05, 0) is 20.8 Å². The molecule has 0 heterocycles. The molecule has 0 aliphatic rings. The molecule has 0 aromatic carbocycles. The maximum absolute atomic E-state index is 11.1. The van der Waals surface area contributed by atoms with Crippen molar-refractivity contribution < 1.29 is 9.53 Å². The van der Waals surface area contributed by atoms with Crippen molar-refractivity contribution in [2.24, 2.45) is 5.73 Å². The molecule has 0 bridgehead atoms. The van der Waals surface area contributed by atoms with Crippen LogP contribution in [0.5, 0.6) is 0 Å². The van der Waals surface area contributed by atoms with Gasteiger partial charge in [0.15, 0.2) is 0 Å². The van der Waals surface area contributed by atoms with Crippen molar-refractivity contribution in [1.29, 1.82) is 5.26 Å². The number of carbonyl (C=O) groups is 1. The number of hydrogen-bond donors (Lipinski definition) is 2. The highest BCUT2D eigenvalue weighted by atomic mass is 16.6. The normalized spacial score (nSPS) is 11.7. The zero-order valence-corrected chi connectivity index (χ0v) is 8.63. The fraction of sp³-hybridized carbons (Fsp3) is 0.556. The van der Waals surface area contributed by atoms with Gasteiger partial charge in [-0.2, -0.15) is 5.26 Å². The van der Waals surface area contributed by atoms with Crippen molar-refractivity contribution >= 4 is 6.09 Å². The largest absolute Gasteiger partial charge is 0.444 e. The number of ether oxygens (including phenoxy) is 1. The van der Waals surface area contributed by atoms with Gasteiger partial charge in [0.05, 0.1) is 18.2 Å². The van der Waals surface area contributed by atoms with Crippen LogP contribution in [-0.4, -0.2) is 18.2 Å².